The van der Waals surface area contributed by atoms with Gasteiger partial charge in [-0.2, -0.15) is 0 Å². The van der Waals surface area contributed by atoms with Crippen LogP contribution in [0.2, 0.25) is 0 Å². The van der Waals surface area contributed by atoms with E-state index in [1.807, 2.05) is 25.2 Å². The second-order valence-corrected chi connectivity index (χ2v) is 6.22. The van der Waals surface area contributed by atoms with Crippen LogP contribution in [0.4, 0.5) is 0 Å². The zero-order valence-electron chi connectivity index (χ0n) is 9.57. The van der Waals surface area contributed by atoms with Crippen molar-refractivity contribution in [1.82, 2.24) is 5.32 Å². The van der Waals surface area contributed by atoms with Crippen LogP contribution in [0.1, 0.15) is 10.4 Å². The maximum absolute atomic E-state index is 5.71. The molecule has 0 aliphatic heterocycles. The van der Waals surface area contributed by atoms with Crippen LogP contribution in [0.5, 0.6) is 5.75 Å². The molecular formula is C13H14BrNOS. The third-order valence-electron chi connectivity index (χ3n) is 2.31. The van der Waals surface area contributed by atoms with Crippen LogP contribution in [0, 0.1) is 0 Å². The molecule has 0 unspecified atom stereocenters. The van der Waals surface area contributed by atoms with Crippen LogP contribution >= 0.6 is 27.3 Å². The summed E-state index contributed by atoms with van der Waals surface area (Å²) < 4.78 is 6.85. The third kappa shape index (κ3) is 3.84. The van der Waals surface area contributed by atoms with Crippen molar-refractivity contribution >= 4 is 27.3 Å². The molecular weight excluding hydrogens is 298 g/mol. The van der Waals surface area contributed by atoms with Crippen molar-refractivity contribution < 1.29 is 4.74 Å². The van der Waals surface area contributed by atoms with Crippen molar-refractivity contribution in [3.05, 3.63) is 50.6 Å². The predicted molar refractivity (Wildman–Crippen MR) is 75.6 cm³/mol. The van der Waals surface area contributed by atoms with Gasteiger partial charge in [-0.3, -0.25) is 0 Å². The molecule has 0 aliphatic carbocycles. The first-order chi connectivity index (χ1) is 8.28. The molecule has 0 atom stereocenters. The zero-order valence-corrected chi connectivity index (χ0v) is 12.0. The van der Waals surface area contributed by atoms with Crippen LogP contribution in [-0.2, 0) is 13.2 Å². The summed E-state index contributed by atoms with van der Waals surface area (Å²) >= 11 is 5.14. The van der Waals surface area contributed by atoms with E-state index in [9.17, 15) is 0 Å². The number of rotatable bonds is 5. The first kappa shape index (κ1) is 12.6. The predicted octanol–water partition coefficient (Wildman–Crippen LogP) is 3.81. The van der Waals surface area contributed by atoms with E-state index >= 15 is 0 Å². The standard InChI is InChI=1S/C13H14BrNOS/c1-15-8-10-2-4-11(5-3-10)16-9-12-6-7-13(14)17-12/h2-7,15H,8-9H2,1H3. The summed E-state index contributed by atoms with van der Waals surface area (Å²) in [5.74, 6) is 0.911. The SMILES string of the molecule is CNCc1ccc(OCc2ccc(Br)s2)cc1. The lowest BCUT2D eigenvalue weighted by Crippen LogP contribution is -2.04. The van der Waals surface area contributed by atoms with Crippen molar-refractivity contribution in [2.24, 2.45) is 0 Å². The monoisotopic (exact) mass is 311 g/mol. The van der Waals surface area contributed by atoms with Crippen LogP contribution in [0.25, 0.3) is 0 Å². The second-order valence-electron chi connectivity index (χ2n) is 3.67. The Bertz CT molecular complexity index is 467. The topological polar surface area (TPSA) is 21.3 Å². The van der Waals surface area contributed by atoms with Crippen molar-refractivity contribution in [2.75, 3.05) is 7.05 Å². The Morgan fingerprint density at radius 1 is 1.18 bits per heavy atom. The molecule has 0 saturated carbocycles. The van der Waals surface area contributed by atoms with Gasteiger partial charge >= 0.3 is 0 Å². The van der Waals surface area contributed by atoms with E-state index in [1.165, 1.54) is 10.4 Å². The number of nitrogens with one attached hydrogen (secondary N) is 1. The Hall–Kier alpha value is -0.840. The van der Waals surface area contributed by atoms with E-state index < -0.39 is 0 Å². The highest BCUT2D eigenvalue weighted by molar-refractivity contribution is 9.11. The van der Waals surface area contributed by atoms with Gasteiger partial charge in [-0.05, 0) is 52.8 Å². The second kappa shape index (κ2) is 6.19. The van der Waals surface area contributed by atoms with Gasteiger partial charge < -0.3 is 10.1 Å². The van der Waals surface area contributed by atoms with Crippen LogP contribution < -0.4 is 10.1 Å². The molecule has 0 radical (unpaired) electrons. The fraction of sp³-hybridized carbons (Fsp3) is 0.231. The molecule has 4 heteroatoms. The molecule has 1 N–H and O–H groups in total. The largest absolute Gasteiger partial charge is 0.488 e. The third-order valence-corrected chi connectivity index (χ3v) is 3.91. The zero-order chi connectivity index (χ0) is 12.1. The number of hydrogen-bond donors (Lipinski definition) is 1. The highest BCUT2D eigenvalue weighted by Gasteiger charge is 1.99. The molecule has 1 aromatic heterocycles. The summed E-state index contributed by atoms with van der Waals surface area (Å²) in [6.45, 7) is 1.51. The molecule has 2 rings (SSSR count). The van der Waals surface area contributed by atoms with Gasteiger partial charge in [-0.25, -0.2) is 0 Å². The lowest BCUT2D eigenvalue weighted by atomic mass is 10.2. The van der Waals surface area contributed by atoms with Crippen molar-refractivity contribution in [2.45, 2.75) is 13.2 Å². The smallest absolute Gasteiger partial charge is 0.122 e. The lowest BCUT2D eigenvalue weighted by molar-refractivity contribution is 0.309. The average molecular weight is 312 g/mol. The summed E-state index contributed by atoms with van der Waals surface area (Å²) in [7, 11) is 1.94. The number of hydrogen-bond acceptors (Lipinski definition) is 3. The summed E-state index contributed by atoms with van der Waals surface area (Å²) in [5.41, 5.74) is 1.26. The number of thiophene rings is 1. The number of halogens is 1. The number of benzene rings is 1. The van der Waals surface area contributed by atoms with Crippen LogP contribution in [0.15, 0.2) is 40.2 Å². The molecule has 2 aromatic rings. The van der Waals surface area contributed by atoms with Gasteiger partial charge in [0.25, 0.3) is 0 Å². The van der Waals surface area contributed by atoms with E-state index in [1.54, 1.807) is 11.3 Å². The highest BCUT2D eigenvalue weighted by Crippen LogP contribution is 2.23. The summed E-state index contributed by atoms with van der Waals surface area (Å²) in [6, 6.07) is 12.3. The Kier molecular flexibility index (Phi) is 4.59. The van der Waals surface area contributed by atoms with Crippen molar-refractivity contribution in [3.8, 4) is 5.75 Å². The molecule has 0 saturated heterocycles. The first-order valence-corrected chi connectivity index (χ1v) is 6.99. The minimum Gasteiger partial charge on any atom is -0.488 e. The van der Waals surface area contributed by atoms with Gasteiger partial charge in [0.15, 0.2) is 0 Å². The molecule has 17 heavy (non-hydrogen) atoms. The van der Waals surface area contributed by atoms with Crippen molar-refractivity contribution in [1.29, 1.82) is 0 Å². The van der Waals surface area contributed by atoms with Gasteiger partial charge in [-0.15, -0.1) is 11.3 Å². The fourth-order valence-corrected chi connectivity index (χ4v) is 2.89. The number of ether oxygens (including phenoxy) is 1. The van der Waals surface area contributed by atoms with Gasteiger partial charge in [0.05, 0.1) is 3.79 Å². The molecule has 0 bridgehead atoms. The minimum absolute atomic E-state index is 0.627. The average Bonchev–Trinajstić information content (AvgIpc) is 2.75. The molecule has 0 spiro atoms. The maximum Gasteiger partial charge on any atom is 0.122 e. The van der Waals surface area contributed by atoms with Gasteiger partial charge in [0.2, 0.25) is 0 Å². The molecule has 0 fully saturated rings. The highest BCUT2D eigenvalue weighted by atomic mass is 79.9. The van der Waals surface area contributed by atoms with E-state index in [2.05, 4.69) is 39.4 Å². The van der Waals surface area contributed by atoms with Crippen molar-refractivity contribution in [3.63, 3.8) is 0 Å². The molecule has 2 nitrogen and oxygen atoms in total. The van der Waals surface area contributed by atoms with E-state index in [4.69, 9.17) is 4.74 Å². The Labute approximate surface area is 114 Å². The Morgan fingerprint density at radius 2 is 1.94 bits per heavy atom. The maximum atomic E-state index is 5.71. The molecule has 1 aromatic carbocycles. The van der Waals surface area contributed by atoms with Gasteiger partial charge in [0.1, 0.15) is 12.4 Å². The molecule has 0 aliphatic rings. The normalized spacial score (nSPS) is 10.5. The van der Waals surface area contributed by atoms with E-state index in [0.717, 1.165) is 16.1 Å². The fourth-order valence-electron chi connectivity index (χ4n) is 1.49. The summed E-state index contributed by atoms with van der Waals surface area (Å²) in [6.07, 6.45) is 0. The van der Waals surface area contributed by atoms with E-state index in [0.29, 0.717) is 6.61 Å². The van der Waals surface area contributed by atoms with Gasteiger partial charge in [-0.1, -0.05) is 12.1 Å². The lowest BCUT2D eigenvalue weighted by Gasteiger charge is -2.05. The molecule has 90 valence electrons. The molecule has 1 heterocycles. The minimum atomic E-state index is 0.627. The Balaban J connectivity index is 1.90. The summed E-state index contributed by atoms with van der Waals surface area (Å²) in [4.78, 5) is 1.22. The van der Waals surface area contributed by atoms with Crippen LogP contribution in [0.3, 0.4) is 0 Å². The first-order valence-electron chi connectivity index (χ1n) is 5.38. The summed E-state index contributed by atoms with van der Waals surface area (Å²) in [5, 5.41) is 3.12. The van der Waals surface area contributed by atoms with Crippen LogP contribution in [-0.4, -0.2) is 7.05 Å². The quantitative estimate of drug-likeness (QED) is 0.906. The molecule has 0 amide bonds. The van der Waals surface area contributed by atoms with E-state index in [-0.39, 0.29) is 0 Å². The Morgan fingerprint density at radius 3 is 2.53 bits per heavy atom. The van der Waals surface area contributed by atoms with Gasteiger partial charge in [0, 0.05) is 11.4 Å².